The molecule has 0 saturated heterocycles. The number of nitrogens with zero attached hydrogens (tertiary/aromatic N) is 3. The zero-order valence-electron chi connectivity index (χ0n) is 18.6. The highest BCUT2D eigenvalue weighted by atomic mass is 32.1. The molecule has 0 unspecified atom stereocenters. The number of aryl methyl sites for hydroxylation is 3. The standard InChI is InChI=1S/C24H24N4O3S/c1-13-8-6-9-17(14(13)2)26-19(29)12-28(5)24(30)21-15(3)20-16(4)25-22(27-23(20)32-21)18-10-7-11-31-18/h6-11H,12H2,1-5H3,(H,26,29). The Hall–Kier alpha value is -3.52. The van der Waals surface area contributed by atoms with Crippen molar-refractivity contribution >= 4 is 39.1 Å². The Bertz CT molecular complexity index is 1330. The third-order valence-electron chi connectivity index (χ3n) is 5.51. The maximum atomic E-state index is 13.2. The van der Waals surface area contributed by atoms with Gasteiger partial charge < -0.3 is 14.6 Å². The molecule has 2 amide bonds. The predicted octanol–water partition coefficient (Wildman–Crippen LogP) is 4.90. The van der Waals surface area contributed by atoms with Gasteiger partial charge in [-0.1, -0.05) is 12.1 Å². The van der Waals surface area contributed by atoms with Gasteiger partial charge in [-0.25, -0.2) is 9.97 Å². The number of fused-ring (bicyclic) bond motifs is 1. The maximum absolute atomic E-state index is 13.2. The number of hydrogen-bond donors (Lipinski definition) is 1. The summed E-state index contributed by atoms with van der Waals surface area (Å²) in [5, 5.41) is 3.76. The molecule has 0 bridgehead atoms. The Morgan fingerprint density at radius 1 is 1.06 bits per heavy atom. The normalized spacial score (nSPS) is 11.0. The van der Waals surface area contributed by atoms with Crippen molar-refractivity contribution < 1.29 is 14.0 Å². The Morgan fingerprint density at radius 3 is 2.56 bits per heavy atom. The molecule has 1 N–H and O–H groups in total. The molecule has 4 aromatic rings. The lowest BCUT2D eigenvalue weighted by Gasteiger charge is -2.17. The molecule has 3 heterocycles. The average molecular weight is 449 g/mol. The van der Waals surface area contributed by atoms with E-state index in [0.29, 0.717) is 16.5 Å². The second-order valence-corrected chi connectivity index (χ2v) is 8.80. The van der Waals surface area contributed by atoms with E-state index >= 15 is 0 Å². The number of furan rings is 1. The van der Waals surface area contributed by atoms with Crippen LogP contribution in [0.4, 0.5) is 5.69 Å². The van der Waals surface area contributed by atoms with Crippen molar-refractivity contribution in [3.63, 3.8) is 0 Å². The lowest BCUT2D eigenvalue weighted by atomic mass is 10.1. The Balaban J connectivity index is 1.56. The fourth-order valence-corrected chi connectivity index (χ4v) is 4.82. The van der Waals surface area contributed by atoms with Crippen LogP contribution in [0.25, 0.3) is 21.8 Å². The fraction of sp³-hybridized carbons (Fsp3) is 0.250. The Morgan fingerprint density at radius 2 is 1.84 bits per heavy atom. The number of hydrogen-bond acceptors (Lipinski definition) is 6. The van der Waals surface area contributed by atoms with E-state index in [1.807, 2.05) is 45.9 Å². The van der Waals surface area contributed by atoms with Gasteiger partial charge in [-0.2, -0.15) is 0 Å². The topological polar surface area (TPSA) is 88.3 Å². The first-order valence-electron chi connectivity index (χ1n) is 10.2. The lowest BCUT2D eigenvalue weighted by molar-refractivity contribution is -0.116. The molecule has 0 fully saturated rings. The van der Waals surface area contributed by atoms with E-state index in [0.717, 1.165) is 38.3 Å². The van der Waals surface area contributed by atoms with Crippen LogP contribution < -0.4 is 5.32 Å². The molecular formula is C24H24N4O3S. The van der Waals surface area contributed by atoms with E-state index in [-0.39, 0.29) is 18.4 Å². The molecule has 7 nitrogen and oxygen atoms in total. The molecule has 0 radical (unpaired) electrons. The number of benzene rings is 1. The van der Waals surface area contributed by atoms with Crippen LogP contribution in [0.3, 0.4) is 0 Å². The van der Waals surface area contributed by atoms with E-state index < -0.39 is 0 Å². The van der Waals surface area contributed by atoms with Gasteiger partial charge in [0.25, 0.3) is 5.91 Å². The summed E-state index contributed by atoms with van der Waals surface area (Å²) >= 11 is 1.31. The molecule has 0 aliphatic heterocycles. The first-order chi connectivity index (χ1) is 15.3. The molecule has 8 heteroatoms. The number of carbonyl (C=O) groups is 2. The first kappa shape index (κ1) is 21.7. The largest absolute Gasteiger partial charge is 0.461 e. The van der Waals surface area contributed by atoms with Crippen molar-refractivity contribution in [2.24, 2.45) is 0 Å². The van der Waals surface area contributed by atoms with Crippen molar-refractivity contribution in [1.29, 1.82) is 0 Å². The van der Waals surface area contributed by atoms with Crippen LogP contribution in [-0.2, 0) is 4.79 Å². The minimum absolute atomic E-state index is 0.0534. The van der Waals surface area contributed by atoms with Crippen LogP contribution in [-0.4, -0.2) is 40.3 Å². The van der Waals surface area contributed by atoms with Crippen molar-refractivity contribution in [2.75, 3.05) is 18.9 Å². The molecule has 3 aromatic heterocycles. The highest BCUT2D eigenvalue weighted by molar-refractivity contribution is 7.20. The van der Waals surface area contributed by atoms with Gasteiger partial charge in [0, 0.05) is 18.1 Å². The zero-order valence-corrected chi connectivity index (χ0v) is 19.5. The van der Waals surface area contributed by atoms with Gasteiger partial charge in [0.15, 0.2) is 11.6 Å². The van der Waals surface area contributed by atoms with Crippen LogP contribution in [0.15, 0.2) is 41.0 Å². The zero-order chi connectivity index (χ0) is 23.0. The molecular weight excluding hydrogens is 424 g/mol. The number of aromatic nitrogens is 2. The lowest BCUT2D eigenvalue weighted by Crippen LogP contribution is -2.35. The number of thiophene rings is 1. The first-order valence-corrected chi connectivity index (χ1v) is 11.0. The average Bonchev–Trinajstić information content (AvgIpc) is 3.39. The number of amides is 2. The van der Waals surface area contributed by atoms with E-state index in [1.54, 1.807) is 25.4 Å². The molecule has 1 aromatic carbocycles. The molecule has 0 spiro atoms. The summed E-state index contributed by atoms with van der Waals surface area (Å²) in [5.74, 6) is 0.598. The predicted molar refractivity (Wildman–Crippen MR) is 126 cm³/mol. The monoisotopic (exact) mass is 448 g/mol. The third-order valence-corrected chi connectivity index (χ3v) is 6.69. The summed E-state index contributed by atoms with van der Waals surface area (Å²) in [7, 11) is 1.63. The van der Waals surface area contributed by atoms with E-state index in [2.05, 4.69) is 15.3 Å². The highest BCUT2D eigenvalue weighted by Gasteiger charge is 2.23. The van der Waals surface area contributed by atoms with Crippen LogP contribution in [0.5, 0.6) is 0 Å². The van der Waals surface area contributed by atoms with Crippen LogP contribution in [0, 0.1) is 27.7 Å². The van der Waals surface area contributed by atoms with Gasteiger partial charge in [0.1, 0.15) is 4.83 Å². The van der Waals surface area contributed by atoms with Gasteiger partial charge in [0.2, 0.25) is 5.91 Å². The van der Waals surface area contributed by atoms with Gasteiger partial charge in [-0.15, -0.1) is 11.3 Å². The number of anilines is 1. The van der Waals surface area contributed by atoms with Gasteiger partial charge in [-0.3, -0.25) is 9.59 Å². The quantitative estimate of drug-likeness (QED) is 0.469. The van der Waals surface area contributed by atoms with Gasteiger partial charge in [-0.05, 0) is 62.6 Å². The number of nitrogens with one attached hydrogen (secondary N) is 1. The summed E-state index contributed by atoms with van der Waals surface area (Å²) in [4.78, 5) is 37.6. The number of carbonyl (C=O) groups excluding carboxylic acids is 2. The van der Waals surface area contributed by atoms with E-state index in [9.17, 15) is 9.59 Å². The smallest absolute Gasteiger partial charge is 0.264 e. The van der Waals surface area contributed by atoms with E-state index in [4.69, 9.17) is 4.42 Å². The molecule has 164 valence electrons. The van der Waals surface area contributed by atoms with E-state index in [1.165, 1.54) is 16.2 Å². The van der Waals surface area contributed by atoms with Gasteiger partial charge >= 0.3 is 0 Å². The molecule has 0 aliphatic rings. The number of likely N-dealkylation sites (N-methyl/N-ethyl adjacent to an activating group) is 1. The third kappa shape index (κ3) is 4.01. The molecule has 4 rings (SSSR count). The van der Waals surface area contributed by atoms with Crippen LogP contribution in [0.1, 0.15) is 32.1 Å². The van der Waals surface area contributed by atoms with Crippen LogP contribution in [0.2, 0.25) is 0 Å². The van der Waals surface area contributed by atoms with Crippen molar-refractivity contribution in [2.45, 2.75) is 27.7 Å². The minimum atomic E-state index is -0.246. The summed E-state index contributed by atoms with van der Waals surface area (Å²) < 4.78 is 5.41. The fourth-order valence-electron chi connectivity index (χ4n) is 3.60. The van der Waals surface area contributed by atoms with Crippen molar-refractivity contribution in [3.8, 4) is 11.6 Å². The van der Waals surface area contributed by atoms with Crippen LogP contribution >= 0.6 is 11.3 Å². The summed E-state index contributed by atoms with van der Waals surface area (Å²) in [6, 6.07) is 9.33. The molecule has 0 aliphatic carbocycles. The molecule has 0 saturated carbocycles. The van der Waals surface area contributed by atoms with Crippen molar-refractivity contribution in [1.82, 2.24) is 14.9 Å². The second-order valence-electron chi connectivity index (χ2n) is 7.80. The summed E-state index contributed by atoms with van der Waals surface area (Å²) in [6.07, 6.45) is 1.57. The van der Waals surface area contributed by atoms with Crippen molar-refractivity contribution in [3.05, 3.63) is 63.9 Å². The minimum Gasteiger partial charge on any atom is -0.461 e. The van der Waals surface area contributed by atoms with Gasteiger partial charge in [0.05, 0.1) is 23.4 Å². The maximum Gasteiger partial charge on any atom is 0.264 e. The molecule has 0 atom stereocenters. The summed E-state index contributed by atoms with van der Waals surface area (Å²) in [6.45, 7) is 7.68. The second kappa shape index (κ2) is 8.55. The summed E-state index contributed by atoms with van der Waals surface area (Å²) in [5.41, 5.74) is 4.46. The SMILES string of the molecule is Cc1cccc(NC(=O)CN(C)C(=O)c2sc3nc(-c4ccco4)nc(C)c3c2C)c1C. The highest BCUT2D eigenvalue weighted by Crippen LogP contribution is 2.33. The number of rotatable bonds is 5. The Labute approximate surface area is 190 Å². The Kier molecular flexibility index (Phi) is 5.80. The molecule has 32 heavy (non-hydrogen) atoms.